The van der Waals surface area contributed by atoms with Gasteiger partial charge in [-0.05, 0) is 48.5 Å². The summed E-state index contributed by atoms with van der Waals surface area (Å²) in [5, 5.41) is 8.30. The molecule has 7 heteroatoms. The van der Waals surface area contributed by atoms with E-state index in [1.54, 1.807) is 12.1 Å². The Labute approximate surface area is 161 Å². The quantitative estimate of drug-likeness (QED) is 0.600. The van der Waals surface area contributed by atoms with E-state index in [0.29, 0.717) is 10.5 Å². The Morgan fingerprint density at radius 3 is 2.69 bits per heavy atom. The SMILES string of the molecule is C/C(=C1\SC(=N)N(Cc2cccc(F)c2)C1=O)N(C)c1ccccc1S. The largest absolute Gasteiger partial charge is 0.346 e. The van der Waals surface area contributed by atoms with Gasteiger partial charge >= 0.3 is 0 Å². The van der Waals surface area contributed by atoms with Crippen LogP contribution in [0.15, 0.2) is 64.0 Å². The van der Waals surface area contributed by atoms with Gasteiger partial charge in [0.1, 0.15) is 5.82 Å². The van der Waals surface area contributed by atoms with Gasteiger partial charge in [-0.15, -0.1) is 12.6 Å². The minimum absolute atomic E-state index is 0.140. The highest BCUT2D eigenvalue weighted by Crippen LogP contribution is 2.36. The molecule has 0 saturated carbocycles. The predicted octanol–water partition coefficient (Wildman–Crippen LogP) is 4.49. The van der Waals surface area contributed by atoms with Crippen molar-refractivity contribution in [1.29, 1.82) is 5.41 Å². The van der Waals surface area contributed by atoms with Crippen LogP contribution in [0.1, 0.15) is 12.5 Å². The molecule has 1 fully saturated rings. The number of halogens is 1. The molecule has 0 radical (unpaired) electrons. The van der Waals surface area contributed by atoms with Crippen molar-refractivity contribution in [3.8, 4) is 0 Å². The summed E-state index contributed by atoms with van der Waals surface area (Å²) in [4.78, 5) is 17.4. The maximum Gasteiger partial charge on any atom is 0.268 e. The van der Waals surface area contributed by atoms with Crippen molar-refractivity contribution in [3.63, 3.8) is 0 Å². The third kappa shape index (κ3) is 3.64. The Bertz CT molecular complexity index is 913. The predicted molar refractivity (Wildman–Crippen MR) is 107 cm³/mol. The molecule has 1 saturated heterocycles. The lowest BCUT2D eigenvalue weighted by Crippen LogP contribution is -2.29. The zero-order valence-electron chi connectivity index (χ0n) is 14.4. The number of hydrogen-bond donors (Lipinski definition) is 2. The molecule has 134 valence electrons. The van der Waals surface area contributed by atoms with Gasteiger partial charge < -0.3 is 4.90 Å². The smallest absolute Gasteiger partial charge is 0.268 e. The maximum absolute atomic E-state index is 13.4. The molecule has 0 aliphatic carbocycles. The van der Waals surface area contributed by atoms with Crippen molar-refractivity contribution in [2.45, 2.75) is 18.4 Å². The second-order valence-electron chi connectivity index (χ2n) is 5.89. The molecule has 2 aromatic rings. The van der Waals surface area contributed by atoms with Crippen molar-refractivity contribution in [2.24, 2.45) is 0 Å². The second-order valence-corrected chi connectivity index (χ2v) is 7.37. The number of thiol groups is 1. The van der Waals surface area contributed by atoms with Gasteiger partial charge in [-0.3, -0.25) is 15.1 Å². The average Bonchev–Trinajstić information content (AvgIpc) is 2.89. The number of nitrogens with zero attached hydrogens (tertiary/aromatic N) is 2. The van der Waals surface area contributed by atoms with Crippen LogP contribution in [0, 0.1) is 11.2 Å². The number of amides is 1. The fourth-order valence-electron chi connectivity index (χ4n) is 2.68. The standard InChI is InChI=1S/C19H18FN3OS2/c1-12(22(2)15-8-3-4-9-16(15)25)17-18(24)23(19(21)26-17)11-13-6-5-7-14(20)10-13/h3-10,21,25H,11H2,1-2H3/b17-12+,21-19?. The van der Waals surface area contributed by atoms with Crippen LogP contribution in [0.4, 0.5) is 10.1 Å². The molecule has 4 nitrogen and oxygen atoms in total. The van der Waals surface area contributed by atoms with E-state index in [-0.39, 0.29) is 23.4 Å². The van der Waals surface area contributed by atoms with E-state index >= 15 is 0 Å². The summed E-state index contributed by atoms with van der Waals surface area (Å²) >= 11 is 5.58. The molecule has 0 aromatic heterocycles. The van der Waals surface area contributed by atoms with Crippen LogP contribution in [0.25, 0.3) is 0 Å². The number of anilines is 1. The van der Waals surface area contributed by atoms with Crippen molar-refractivity contribution in [2.75, 3.05) is 11.9 Å². The highest BCUT2D eigenvalue weighted by molar-refractivity contribution is 8.18. The Morgan fingerprint density at radius 1 is 1.27 bits per heavy atom. The molecule has 3 rings (SSSR count). The van der Waals surface area contributed by atoms with Crippen molar-refractivity contribution < 1.29 is 9.18 Å². The Morgan fingerprint density at radius 2 is 2.00 bits per heavy atom. The van der Waals surface area contributed by atoms with E-state index in [0.717, 1.165) is 28.0 Å². The monoisotopic (exact) mass is 387 g/mol. The first kappa shape index (κ1) is 18.5. The molecule has 1 aliphatic heterocycles. The summed E-state index contributed by atoms with van der Waals surface area (Å²) in [6, 6.07) is 13.7. The summed E-state index contributed by atoms with van der Waals surface area (Å²) in [5.41, 5.74) is 2.27. The van der Waals surface area contributed by atoms with Crippen LogP contribution in [-0.2, 0) is 11.3 Å². The number of rotatable bonds is 4. The highest BCUT2D eigenvalue weighted by Gasteiger charge is 2.34. The van der Waals surface area contributed by atoms with Gasteiger partial charge in [0.15, 0.2) is 5.17 Å². The van der Waals surface area contributed by atoms with Gasteiger partial charge in [0.05, 0.1) is 17.1 Å². The second kappa shape index (κ2) is 7.55. The minimum atomic E-state index is -0.356. The fraction of sp³-hybridized carbons (Fsp3) is 0.158. The average molecular weight is 388 g/mol. The van der Waals surface area contributed by atoms with Crippen LogP contribution in [-0.4, -0.2) is 23.0 Å². The summed E-state index contributed by atoms with van der Waals surface area (Å²) in [6.07, 6.45) is 0. The maximum atomic E-state index is 13.4. The fourth-order valence-corrected chi connectivity index (χ4v) is 3.92. The minimum Gasteiger partial charge on any atom is -0.346 e. The molecular weight excluding hydrogens is 369 g/mol. The van der Waals surface area contributed by atoms with E-state index < -0.39 is 0 Å². The molecule has 1 heterocycles. The molecule has 0 bridgehead atoms. The van der Waals surface area contributed by atoms with Crippen LogP contribution in [0.5, 0.6) is 0 Å². The number of thioether (sulfide) groups is 1. The summed E-state index contributed by atoms with van der Waals surface area (Å²) < 4.78 is 13.4. The van der Waals surface area contributed by atoms with Gasteiger partial charge in [-0.25, -0.2) is 4.39 Å². The molecular formula is C19H18FN3OS2. The van der Waals surface area contributed by atoms with Gasteiger partial charge in [0, 0.05) is 17.6 Å². The molecule has 1 N–H and O–H groups in total. The zero-order valence-corrected chi connectivity index (χ0v) is 16.1. The van der Waals surface area contributed by atoms with E-state index in [1.165, 1.54) is 17.0 Å². The molecule has 1 amide bonds. The number of carbonyl (C=O) groups is 1. The third-order valence-corrected chi connectivity index (χ3v) is 5.65. The number of para-hydroxylation sites is 1. The molecule has 1 aliphatic rings. The van der Waals surface area contributed by atoms with Crippen molar-refractivity contribution in [1.82, 2.24) is 4.90 Å². The van der Waals surface area contributed by atoms with Crippen LogP contribution >= 0.6 is 24.4 Å². The van der Waals surface area contributed by atoms with E-state index in [2.05, 4.69) is 12.6 Å². The Kier molecular flexibility index (Phi) is 5.38. The molecule has 26 heavy (non-hydrogen) atoms. The van der Waals surface area contributed by atoms with Gasteiger partial charge in [0.25, 0.3) is 5.91 Å². The van der Waals surface area contributed by atoms with Gasteiger partial charge in [-0.1, -0.05) is 24.3 Å². The van der Waals surface area contributed by atoms with Gasteiger partial charge in [0.2, 0.25) is 0 Å². The number of amidine groups is 1. The molecule has 0 spiro atoms. The number of carbonyl (C=O) groups excluding carboxylic acids is 1. The first-order valence-corrected chi connectivity index (χ1v) is 9.20. The lowest BCUT2D eigenvalue weighted by molar-refractivity contribution is -0.122. The molecule has 2 aromatic carbocycles. The molecule has 0 atom stereocenters. The number of nitrogens with one attached hydrogen (secondary N) is 1. The van der Waals surface area contributed by atoms with Crippen LogP contribution in [0.3, 0.4) is 0 Å². The number of hydrogen-bond acceptors (Lipinski definition) is 5. The lowest BCUT2D eigenvalue weighted by atomic mass is 10.2. The van der Waals surface area contributed by atoms with E-state index in [4.69, 9.17) is 5.41 Å². The first-order chi connectivity index (χ1) is 12.4. The first-order valence-electron chi connectivity index (χ1n) is 7.94. The zero-order chi connectivity index (χ0) is 18.8. The highest BCUT2D eigenvalue weighted by atomic mass is 32.2. The summed E-state index contributed by atoms with van der Waals surface area (Å²) in [6.45, 7) is 2.02. The molecule has 0 unspecified atom stereocenters. The summed E-state index contributed by atoms with van der Waals surface area (Å²) in [7, 11) is 1.87. The van der Waals surface area contributed by atoms with Gasteiger partial charge in [-0.2, -0.15) is 0 Å². The van der Waals surface area contributed by atoms with Crippen molar-refractivity contribution in [3.05, 3.63) is 70.5 Å². The normalized spacial score (nSPS) is 16.2. The summed E-state index contributed by atoms with van der Waals surface area (Å²) in [5.74, 6) is -0.601. The van der Waals surface area contributed by atoms with Crippen LogP contribution < -0.4 is 4.90 Å². The van der Waals surface area contributed by atoms with Crippen molar-refractivity contribution >= 4 is 41.2 Å². The lowest BCUT2D eigenvalue weighted by Gasteiger charge is -2.22. The number of benzene rings is 2. The Hall–Kier alpha value is -2.25. The Balaban J connectivity index is 1.87. The van der Waals surface area contributed by atoms with E-state index in [1.807, 2.05) is 43.1 Å². The third-order valence-electron chi connectivity index (χ3n) is 4.19. The topological polar surface area (TPSA) is 47.4 Å². The van der Waals surface area contributed by atoms with Crippen LogP contribution in [0.2, 0.25) is 0 Å². The number of allylic oxidation sites excluding steroid dienone is 1. The van der Waals surface area contributed by atoms with E-state index in [9.17, 15) is 9.18 Å².